The fourth-order valence-electron chi connectivity index (χ4n) is 3.48. The molecule has 2 aromatic rings. The highest BCUT2D eigenvalue weighted by Gasteiger charge is 2.39. The summed E-state index contributed by atoms with van der Waals surface area (Å²) in [6.07, 6.45) is 0. The lowest BCUT2D eigenvalue weighted by atomic mass is 9.98. The number of piperazine rings is 1. The number of likely N-dealkylation sites (N-methyl/N-ethyl adjacent to an activating group) is 1. The van der Waals surface area contributed by atoms with Crippen LogP contribution < -0.4 is 0 Å². The zero-order valence-corrected chi connectivity index (χ0v) is 14.5. The van der Waals surface area contributed by atoms with Crippen LogP contribution in [-0.2, 0) is 9.84 Å². The lowest BCUT2D eigenvalue weighted by Crippen LogP contribution is -2.44. The highest BCUT2D eigenvalue weighted by atomic mass is 32.2. The molecule has 0 N–H and O–H groups in total. The Morgan fingerprint density at radius 3 is 2.17 bits per heavy atom. The van der Waals surface area contributed by atoms with Gasteiger partial charge in [-0.15, -0.1) is 0 Å². The van der Waals surface area contributed by atoms with Crippen LogP contribution in [0.3, 0.4) is 0 Å². The highest BCUT2D eigenvalue weighted by molar-refractivity contribution is 7.95. The van der Waals surface area contributed by atoms with Crippen LogP contribution in [0.1, 0.15) is 11.1 Å². The van der Waals surface area contributed by atoms with E-state index in [1.165, 1.54) is 0 Å². The molecule has 0 atom stereocenters. The molecule has 1 fully saturated rings. The van der Waals surface area contributed by atoms with Crippen LogP contribution in [0, 0.1) is 0 Å². The Labute approximate surface area is 142 Å². The number of rotatable bonds is 2. The van der Waals surface area contributed by atoms with Gasteiger partial charge >= 0.3 is 0 Å². The van der Waals surface area contributed by atoms with Crippen molar-refractivity contribution >= 4 is 15.4 Å². The van der Waals surface area contributed by atoms with Gasteiger partial charge in [0.2, 0.25) is 9.84 Å². The largest absolute Gasteiger partial charge is 0.359 e. The van der Waals surface area contributed by atoms with Crippen molar-refractivity contribution in [2.75, 3.05) is 33.2 Å². The number of hydrogen-bond donors (Lipinski definition) is 0. The normalized spacial score (nSPS) is 20.3. The summed E-state index contributed by atoms with van der Waals surface area (Å²) in [5, 5.41) is 0.475. The molecular weight excluding hydrogens is 320 g/mol. The maximum atomic E-state index is 13.2. The third-order valence-corrected chi connectivity index (χ3v) is 6.67. The first kappa shape index (κ1) is 15.4. The molecule has 2 aliphatic heterocycles. The van der Waals surface area contributed by atoms with Crippen molar-refractivity contribution in [3.63, 3.8) is 0 Å². The Morgan fingerprint density at radius 1 is 0.833 bits per heavy atom. The summed E-state index contributed by atoms with van der Waals surface area (Å²) in [5.74, 6) is 0. The zero-order chi connectivity index (χ0) is 16.7. The van der Waals surface area contributed by atoms with Gasteiger partial charge in [0.05, 0.1) is 4.90 Å². The minimum atomic E-state index is -3.47. The average Bonchev–Trinajstić information content (AvgIpc) is 2.84. The van der Waals surface area contributed by atoms with E-state index in [-0.39, 0.29) is 0 Å². The highest BCUT2D eigenvalue weighted by Crippen LogP contribution is 2.44. The van der Waals surface area contributed by atoms with Gasteiger partial charge in [-0.05, 0) is 18.7 Å². The molecule has 0 saturated carbocycles. The second-order valence-corrected chi connectivity index (χ2v) is 8.17. The monoisotopic (exact) mass is 340 g/mol. The predicted octanol–water partition coefficient (Wildman–Crippen LogP) is 2.44. The molecule has 0 spiro atoms. The van der Waals surface area contributed by atoms with Crippen LogP contribution in [0.25, 0.3) is 5.57 Å². The Bertz CT molecular complexity index is 896. The van der Waals surface area contributed by atoms with Gasteiger partial charge in [-0.1, -0.05) is 48.5 Å². The van der Waals surface area contributed by atoms with Crippen LogP contribution in [0.15, 0.2) is 64.5 Å². The first-order valence-corrected chi connectivity index (χ1v) is 9.65. The van der Waals surface area contributed by atoms with Crippen LogP contribution >= 0.6 is 0 Å². The fraction of sp³-hybridized carbons (Fsp3) is 0.263. The molecule has 2 aliphatic rings. The van der Waals surface area contributed by atoms with E-state index >= 15 is 0 Å². The summed E-state index contributed by atoms with van der Waals surface area (Å²) >= 11 is 0. The minimum Gasteiger partial charge on any atom is -0.359 e. The Morgan fingerprint density at radius 2 is 1.46 bits per heavy atom. The van der Waals surface area contributed by atoms with Gasteiger partial charge < -0.3 is 9.80 Å². The van der Waals surface area contributed by atoms with Crippen LogP contribution in [-0.4, -0.2) is 51.4 Å². The average molecular weight is 340 g/mol. The van der Waals surface area contributed by atoms with Gasteiger partial charge in [0.15, 0.2) is 0 Å². The maximum absolute atomic E-state index is 13.2. The van der Waals surface area contributed by atoms with Gasteiger partial charge in [0, 0.05) is 37.3 Å². The van der Waals surface area contributed by atoms with Gasteiger partial charge in [-0.2, -0.15) is 0 Å². The van der Waals surface area contributed by atoms with Crippen LogP contribution in [0.5, 0.6) is 0 Å². The molecule has 4 nitrogen and oxygen atoms in total. The maximum Gasteiger partial charge on any atom is 0.222 e. The second-order valence-electron chi connectivity index (χ2n) is 6.34. The zero-order valence-electron chi connectivity index (χ0n) is 13.6. The quantitative estimate of drug-likeness (QED) is 0.842. The predicted molar refractivity (Wildman–Crippen MR) is 95.2 cm³/mol. The third-order valence-electron chi connectivity index (χ3n) is 4.77. The molecule has 0 amide bonds. The number of fused-ring (bicyclic) bond motifs is 1. The van der Waals surface area contributed by atoms with E-state index < -0.39 is 9.84 Å². The molecular formula is C19H20N2O2S. The molecule has 2 heterocycles. The van der Waals surface area contributed by atoms with E-state index in [1.54, 1.807) is 12.1 Å². The minimum absolute atomic E-state index is 0.429. The molecule has 0 aliphatic carbocycles. The Kier molecular flexibility index (Phi) is 3.70. The standard InChI is InChI=1S/C19H20N2O2S/c1-20-11-13-21(14-12-20)19-18(15-7-3-2-4-8-15)16-9-5-6-10-17(16)24(19,22)23/h2-10H,11-14H2,1H3. The summed E-state index contributed by atoms with van der Waals surface area (Å²) in [6.45, 7) is 3.21. The molecule has 5 heteroatoms. The molecule has 0 aromatic heterocycles. The van der Waals surface area contributed by atoms with E-state index in [1.807, 2.05) is 47.4 Å². The molecule has 0 radical (unpaired) electrons. The summed E-state index contributed by atoms with van der Waals surface area (Å²) in [6, 6.07) is 17.2. The van der Waals surface area contributed by atoms with Gasteiger partial charge in [0.25, 0.3) is 0 Å². The fourth-order valence-corrected chi connectivity index (χ4v) is 5.43. The van der Waals surface area contributed by atoms with E-state index in [0.29, 0.717) is 9.92 Å². The van der Waals surface area contributed by atoms with Crippen molar-refractivity contribution in [2.24, 2.45) is 0 Å². The first-order valence-electron chi connectivity index (χ1n) is 8.17. The number of sulfone groups is 1. The van der Waals surface area contributed by atoms with E-state index in [9.17, 15) is 8.42 Å². The molecule has 24 heavy (non-hydrogen) atoms. The lowest BCUT2D eigenvalue weighted by Gasteiger charge is -2.34. The van der Waals surface area contributed by atoms with Gasteiger partial charge in [-0.25, -0.2) is 8.42 Å². The van der Waals surface area contributed by atoms with Crippen molar-refractivity contribution in [2.45, 2.75) is 4.90 Å². The first-order chi connectivity index (χ1) is 11.6. The van der Waals surface area contributed by atoms with Crippen molar-refractivity contribution < 1.29 is 8.42 Å². The molecule has 2 aromatic carbocycles. The van der Waals surface area contributed by atoms with Gasteiger partial charge in [0.1, 0.15) is 5.03 Å². The Hall–Kier alpha value is -2.11. The van der Waals surface area contributed by atoms with E-state index in [0.717, 1.165) is 42.9 Å². The molecule has 124 valence electrons. The molecule has 0 unspecified atom stereocenters. The number of hydrogen-bond acceptors (Lipinski definition) is 4. The third kappa shape index (κ3) is 2.36. The summed E-state index contributed by atoms with van der Waals surface area (Å²) in [7, 11) is -1.40. The van der Waals surface area contributed by atoms with E-state index in [2.05, 4.69) is 11.9 Å². The van der Waals surface area contributed by atoms with E-state index in [4.69, 9.17) is 0 Å². The number of nitrogens with zero attached hydrogens (tertiary/aromatic N) is 2. The van der Waals surface area contributed by atoms with Crippen molar-refractivity contribution in [3.8, 4) is 0 Å². The molecule has 1 saturated heterocycles. The SMILES string of the molecule is CN1CCN(C2=C(c3ccccc3)c3ccccc3S2(=O)=O)CC1. The van der Waals surface area contributed by atoms with Crippen molar-refractivity contribution in [3.05, 3.63) is 70.8 Å². The summed E-state index contributed by atoms with van der Waals surface area (Å²) in [4.78, 5) is 4.70. The topological polar surface area (TPSA) is 40.6 Å². The second kappa shape index (κ2) is 5.76. The smallest absolute Gasteiger partial charge is 0.222 e. The summed E-state index contributed by atoms with van der Waals surface area (Å²) < 4.78 is 26.5. The summed E-state index contributed by atoms with van der Waals surface area (Å²) in [5.41, 5.74) is 2.62. The van der Waals surface area contributed by atoms with Crippen molar-refractivity contribution in [1.29, 1.82) is 0 Å². The molecule has 4 rings (SSSR count). The van der Waals surface area contributed by atoms with Gasteiger partial charge in [-0.3, -0.25) is 0 Å². The van der Waals surface area contributed by atoms with Crippen molar-refractivity contribution in [1.82, 2.24) is 9.80 Å². The molecule has 0 bridgehead atoms. The van der Waals surface area contributed by atoms with Crippen LogP contribution in [0.2, 0.25) is 0 Å². The number of benzene rings is 2. The lowest BCUT2D eigenvalue weighted by molar-refractivity contribution is 0.194. The van der Waals surface area contributed by atoms with Crippen LogP contribution in [0.4, 0.5) is 0 Å². The Balaban J connectivity index is 1.94.